The van der Waals surface area contributed by atoms with Crippen LogP contribution in [0.1, 0.15) is 25.0 Å². The van der Waals surface area contributed by atoms with Gasteiger partial charge in [-0.25, -0.2) is 0 Å². The van der Waals surface area contributed by atoms with Gasteiger partial charge in [-0.3, -0.25) is 10.1 Å². The number of non-ortho nitro benzene ring substituents is 1. The van der Waals surface area contributed by atoms with Gasteiger partial charge in [0.05, 0.1) is 34.8 Å². The number of nitro benzene ring substituents is 1. The van der Waals surface area contributed by atoms with Gasteiger partial charge in [0.25, 0.3) is 5.69 Å². The molecule has 0 N–H and O–H groups in total. The molecule has 0 radical (unpaired) electrons. The number of hydrogen-bond donors (Lipinski definition) is 0. The minimum Gasteiger partial charge on any atom is -0.490 e. The molecule has 0 bridgehead atoms. The van der Waals surface area contributed by atoms with Gasteiger partial charge in [-0.05, 0) is 49.2 Å². The second-order valence-electron chi connectivity index (χ2n) is 5.16. The maximum atomic E-state index is 10.8. The summed E-state index contributed by atoms with van der Waals surface area (Å²) in [6.07, 6.45) is 1.61. The number of nitriles is 1. The Morgan fingerprint density at radius 2 is 1.77 bits per heavy atom. The molecule has 0 aliphatic rings. The number of halogens is 1. The first-order chi connectivity index (χ1) is 12.5. The van der Waals surface area contributed by atoms with Crippen LogP contribution in [0.5, 0.6) is 11.5 Å². The van der Waals surface area contributed by atoms with E-state index >= 15 is 0 Å². The fraction of sp³-hybridized carbons (Fsp3) is 0.211. The zero-order valence-electron chi connectivity index (χ0n) is 14.4. The summed E-state index contributed by atoms with van der Waals surface area (Å²) in [5.41, 5.74) is 1.44. The van der Waals surface area contributed by atoms with Gasteiger partial charge in [0.15, 0.2) is 11.5 Å². The van der Waals surface area contributed by atoms with Gasteiger partial charge in [0.2, 0.25) is 0 Å². The summed E-state index contributed by atoms with van der Waals surface area (Å²) in [6, 6.07) is 11.2. The van der Waals surface area contributed by atoms with Gasteiger partial charge < -0.3 is 9.47 Å². The molecule has 2 aromatic rings. The predicted molar refractivity (Wildman–Crippen MR) is 100 cm³/mol. The number of nitrogens with zero attached hydrogens (tertiary/aromatic N) is 2. The van der Waals surface area contributed by atoms with E-state index < -0.39 is 4.92 Å². The van der Waals surface area contributed by atoms with Crippen LogP contribution in [-0.2, 0) is 0 Å². The lowest BCUT2D eigenvalue weighted by Crippen LogP contribution is -1.99. The zero-order chi connectivity index (χ0) is 19.1. The highest BCUT2D eigenvalue weighted by atomic mass is 35.5. The van der Waals surface area contributed by atoms with Gasteiger partial charge >= 0.3 is 0 Å². The van der Waals surface area contributed by atoms with Crippen molar-refractivity contribution in [2.75, 3.05) is 13.2 Å². The molecule has 134 valence electrons. The van der Waals surface area contributed by atoms with Crippen LogP contribution in [0, 0.1) is 21.4 Å². The molecule has 0 atom stereocenters. The van der Waals surface area contributed by atoms with Crippen LogP contribution in [0.2, 0.25) is 5.02 Å². The molecule has 0 fully saturated rings. The Labute approximate surface area is 156 Å². The summed E-state index contributed by atoms with van der Waals surface area (Å²) in [6.45, 7) is 4.65. The van der Waals surface area contributed by atoms with Crippen molar-refractivity contribution in [3.05, 3.63) is 62.7 Å². The van der Waals surface area contributed by atoms with Crippen molar-refractivity contribution >= 4 is 28.9 Å². The molecule has 0 amide bonds. The molecule has 0 saturated heterocycles. The summed E-state index contributed by atoms with van der Waals surface area (Å²) >= 11 is 6.31. The van der Waals surface area contributed by atoms with Crippen LogP contribution >= 0.6 is 11.6 Å². The third kappa shape index (κ3) is 4.52. The highest BCUT2D eigenvalue weighted by Crippen LogP contribution is 2.35. The minimum absolute atomic E-state index is 0.0382. The van der Waals surface area contributed by atoms with E-state index in [0.717, 1.165) is 0 Å². The minimum atomic E-state index is -0.489. The van der Waals surface area contributed by atoms with Crippen LogP contribution < -0.4 is 9.47 Å². The lowest BCUT2D eigenvalue weighted by Gasteiger charge is -2.13. The zero-order valence-corrected chi connectivity index (χ0v) is 15.1. The Bertz CT molecular complexity index is 870. The van der Waals surface area contributed by atoms with Crippen molar-refractivity contribution in [2.45, 2.75) is 13.8 Å². The molecule has 2 aromatic carbocycles. The lowest BCUT2D eigenvalue weighted by molar-refractivity contribution is -0.384. The maximum absolute atomic E-state index is 10.8. The van der Waals surface area contributed by atoms with E-state index in [2.05, 4.69) is 6.07 Å². The Kier molecular flexibility index (Phi) is 6.59. The highest BCUT2D eigenvalue weighted by molar-refractivity contribution is 6.32. The molecule has 2 rings (SSSR count). The molecule has 6 nitrogen and oxygen atoms in total. The molecule has 0 heterocycles. The number of ether oxygens (including phenoxy) is 2. The number of allylic oxidation sites excluding steroid dienone is 1. The molecule has 0 aliphatic heterocycles. The normalized spacial score (nSPS) is 10.9. The van der Waals surface area contributed by atoms with E-state index in [-0.39, 0.29) is 5.69 Å². The highest BCUT2D eigenvalue weighted by Gasteiger charge is 2.12. The van der Waals surface area contributed by atoms with Crippen LogP contribution in [0.4, 0.5) is 5.69 Å². The average Bonchev–Trinajstić information content (AvgIpc) is 2.63. The van der Waals surface area contributed by atoms with E-state index in [1.54, 1.807) is 18.2 Å². The van der Waals surface area contributed by atoms with Crippen molar-refractivity contribution in [3.8, 4) is 17.6 Å². The monoisotopic (exact) mass is 372 g/mol. The SMILES string of the molecule is CCOc1cc(Cl)c(/C=C(/C#N)c2ccc([N+](=O)[O-])cc2)cc1OCC. The van der Waals surface area contributed by atoms with Crippen molar-refractivity contribution in [1.29, 1.82) is 5.26 Å². The first kappa shape index (κ1) is 19.3. The molecule has 26 heavy (non-hydrogen) atoms. The molecule has 0 aromatic heterocycles. The predicted octanol–water partition coefficient (Wildman–Crippen LogP) is 5.11. The topological polar surface area (TPSA) is 85.4 Å². The Morgan fingerprint density at radius 1 is 1.19 bits per heavy atom. The second-order valence-corrected chi connectivity index (χ2v) is 5.57. The summed E-state index contributed by atoms with van der Waals surface area (Å²) in [5.74, 6) is 1.07. The number of rotatable bonds is 7. The summed E-state index contributed by atoms with van der Waals surface area (Å²) in [5, 5.41) is 20.6. The van der Waals surface area contributed by atoms with Crippen molar-refractivity contribution in [3.63, 3.8) is 0 Å². The van der Waals surface area contributed by atoms with Crippen molar-refractivity contribution in [1.82, 2.24) is 0 Å². The molecule has 0 spiro atoms. The Hall–Kier alpha value is -3.04. The standard InChI is InChI=1S/C19H17ClN2O4/c1-3-25-18-10-14(17(20)11-19(18)26-4-2)9-15(12-21)13-5-7-16(8-6-13)22(23)24/h5-11H,3-4H2,1-2H3/b15-9-. The van der Waals surface area contributed by atoms with Crippen molar-refractivity contribution < 1.29 is 14.4 Å². The van der Waals surface area contributed by atoms with Crippen molar-refractivity contribution in [2.24, 2.45) is 0 Å². The van der Waals surface area contributed by atoms with Crippen LogP contribution in [-0.4, -0.2) is 18.1 Å². The van der Waals surface area contributed by atoms with Gasteiger partial charge in [-0.1, -0.05) is 11.6 Å². The largest absolute Gasteiger partial charge is 0.490 e. The summed E-state index contributed by atoms with van der Waals surface area (Å²) < 4.78 is 11.1. The van der Waals surface area contributed by atoms with Crippen LogP contribution in [0.25, 0.3) is 11.6 Å². The van der Waals surface area contributed by atoms with Gasteiger partial charge in [-0.2, -0.15) is 5.26 Å². The van der Waals surface area contributed by atoms with E-state index in [0.29, 0.717) is 46.4 Å². The molecule has 0 unspecified atom stereocenters. The maximum Gasteiger partial charge on any atom is 0.269 e. The average molecular weight is 373 g/mol. The fourth-order valence-corrected chi connectivity index (χ4v) is 2.50. The molecular formula is C19H17ClN2O4. The third-order valence-corrected chi connectivity index (χ3v) is 3.80. The smallest absolute Gasteiger partial charge is 0.269 e. The second kappa shape index (κ2) is 8.88. The van der Waals surface area contributed by atoms with E-state index in [1.807, 2.05) is 13.8 Å². The van der Waals surface area contributed by atoms with E-state index in [9.17, 15) is 15.4 Å². The summed E-state index contributed by atoms with van der Waals surface area (Å²) in [4.78, 5) is 10.3. The van der Waals surface area contributed by atoms with Crippen LogP contribution in [0.3, 0.4) is 0 Å². The molecule has 0 saturated carbocycles. The lowest BCUT2D eigenvalue weighted by atomic mass is 10.0. The molecule has 7 heteroatoms. The number of nitro groups is 1. The summed E-state index contributed by atoms with van der Waals surface area (Å²) in [7, 11) is 0. The number of hydrogen-bond acceptors (Lipinski definition) is 5. The molecular weight excluding hydrogens is 356 g/mol. The first-order valence-corrected chi connectivity index (χ1v) is 8.33. The van der Waals surface area contributed by atoms with Gasteiger partial charge in [0, 0.05) is 18.2 Å². The first-order valence-electron chi connectivity index (χ1n) is 7.95. The van der Waals surface area contributed by atoms with Crippen LogP contribution in [0.15, 0.2) is 36.4 Å². The van der Waals surface area contributed by atoms with Gasteiger partial charge in [-0.15, -0.1) is 0 Å². The van der Waals surface area contributed by atoms with E-state index in [1.165, 1.54) is 24.3 Å². The quantitative estimate of drug-likeness (QED) is 0.292. The van der Waals surface area contributed by atoms with Gasteiger partial charge in [0.1, 0.15) is 0 Å². The Balaban J connectivity index is 2.46. The fourth-order valence-electron chi connectivity index (χ4n) is 2.30. The van der Waals surface area contributed by atoms with E-state index in [4.69, 9.17) is 21.1 Å². The molecule has 0 aliphatic carbocycles. The Morgan fingerprint density at radius 3 is 2.27 bits per heavy atom. The number of benzene rings is 2. The third-order valence-electron chi connectivity index (χ3n) is 3.47.